The molecule has 3 aliphatic carbocycles. The first kappa shape index (κ1) is 20.6. The summed E-state index contributed by atoms with van der Waals surface area (Å²) in [5.41, 5.74) is 1.57. The molecule has 0 aliphatic heterocycles. The van der Waals surface area contributed by atoms with E-state index in [2.05, 4.69) is 18.3 Å². The third kappa shape index (κ3) is 3.64. The zero-order chi connectivity index (χ0) is 21.0. The molecule has 158 valence electrons. The maximum absolute atomic E-state index is 14.4. The van der Waals surface area contributed by atoms with Gasteiger partial charge in [-0.2, -0.15) is 0 Å². The van der Waals surface area contributed by atoms with E-state index in [-0.39, 0.29) is 28.6 Å². The van der Waals surface area contributed by atoms with E-state index < -0.39 is 0 Å². The molecule has 0 saturated heterocycles. The lowest BCUT2D eigenvalue weighted by molar-refractivity contribution is -0.129. The number of amides is 1. The van der Waals surface area contributed by atoms with Gasteiger partial charge < -0.3 is 5.32 Å². The Labute approximate surface area is 173 Å². The zero-order valence-electron chi connectivity index (χ0n) is 18.2. The van der Waals surface area contributed by atoms with Crippen LogP contribution in [-0.2, 0) is 16.0 Å². The summed E-state index contributed by atoms with van der Waals surface area (Å²) in [6, 6.07) is 5.50. The van der Waals surface area contributed by atoms with Gasteiger partial charge in [-0.3, -0.25) is 9.59 Å². The molecule has 1 aromatic rings. The maximum atomic E-state index is 14.4. The third-order valence-corrected chi connectivity index (χ3v) is 7.82. The number of Topliss-reactive ketones (excluding diaryl/α,β-unsaturated/α-hetero) is 1. The quantitative estimate of drug-likeness (QED) is 0.762. The Kier molecular flexibility index (Phi) is 5.11. The fourth-order valence-corrected chi connectivity index (χ4v) is 6.70. The van der Waals surface area contributed by atoms with Crippen molar-refractivity contribution < 1.29 is 14.0 Å². The lowest BCUT2D eigenvalue weighted by Gasteiger charge is -2.50. The number of carbonyl (C=O) groups is 2. The predicted molar refractivity (Wildman–Crippen MR) is 112 cm³/mol. The van der Waals surface area contributed by atoms with Gasteiger partial charge in [0.1, 0.15) is 11.6 Å². The molecule has 0 aromatic heterocycles. The van der Waals surface area contributed by atoms with Crippen molar-refractivity contribution in [2.24, 2.45) is 23.2 Å². The van der Waals surface area contributed by atoms with Gasteiger partial charge in [0.05, 0.1) is 0 Å². The standard InChI is InChI=1S/C25H34FNO2/c1-24(2,3)27-22(29)11-8-15-14-21(28)25(4)13-12-17-16-6-5-7-20(26)18(16)9-10-19(17)23(15)25/h5-7,15,17,19,23H,8-14H2,1-4H3,(H,27,29)/t15-,17?,19?,23?,25-/m1/s1. The minimum Gasteiger partial charge on any atom is -0.352 e. The van der Waals surface area contributed by atoms with Gasteiger partial charge in [-0.15, -0.1) is 0 Å². The van der Waals surface area contributed by atoms with Crippen LogP contribution in [0.4, 0.5) is 4.39 Å². The van der Waals surface area contributed by atoms with Crippen LogP contribution >= 0.6 is 0 Å². The van der Waals surface area contributed by atoms with E-state index in [1.807, 2.05) is 26.8 Å². The molecule has 4 rings (SSSR count). The smallest absolute Gasteiger partial charge is 0.220 e. The van der Waals surface area contributed by atoms with Crippen molar-refractivity contribution in [3.63, 3.8) is 0 Å². The summed E-state index contributed by atoms with van der Waals surface area (Å²) in [6.45, 7) is 8.13. The Morgan fingerprint density at radius 3 is 2.76 bits per heavy atom. The van der Waals surface area contributed by atoms with Crippen LogP contribution in [-0.4, -0.2) is 17.2 Å². The van der Waals surface area contributed by atoms with Gasteiger partial charge >= 0.3 is 0 Å². The largest absolute Gasteiger partial charge is 0.352 e. The first-order chi connectivity index (χ1) is 13.6. The van der Waals surface area contributed by atoms with E-state index in [4.69, 9.17) is 0 Å². The molecular weight excluding hydrogens is 365 g/mol. The Morgan fingerprint density at radius 1 is 1.28 bits per heavy atom. The number of halogens is 1. The van der Waals surface area contributed by atoms with Crippen molar-refractivity contribution in [1.82, 2.24) is 5.32 Å². The molecule has 5 atom stereocenters. The lowest BCUT2D eigenvalue weighted by atomic mass is 9.54. The van der Waals surface area contributed by atoms with Crippen molar-refractivity contribution in [2.75, 3.05) is 0 Å². The fourth-order valence-electron chi connectivity index (χ4n) is 6.70. The molecule has 0 spiro atoms. The number of hydrogen-bond acceptors (Lipinski definition) is 2. The molecule has 29 heavy (non-hydrogen) atoms. The van der Waals surface area contributed by atoms with Gasteiger partial charge in [-0.25, -0.2) is 4.39 Å². The highest BCUT2D eigenvalue weighted by molar-refractivity contribution is 5.88. The first-order valence-electron chi connectivity index (χ1n) is 11.2. The summed E-state index contributed by atoms with van der Waals surface area (Å²) in [5.74, 6) is 1.73. The molecule has 0 radical (unpaired) electrons. The maximum Gasteiger partial charge on any atom is 0.220 e. The Balaban J connectivity index is 1.56. The van der Waals surface area contributed by atoms with Gasteiger partial charge in [-0.1, -0.05) is 19.1 Å². The topological polar surface area (TPSA) is 46.2 Å². The molecule has 3 aliphatic rings. The Bertz CT molecular complexity index is 827. The average molecular weight is 400 g/mol. The van der Waals surface area contributed by atoms with E-state index in [0.29, 0.717) is 36.4 Å². The number of hydrogen-bond donors (Lipinski definition) is 1. The Hall–Kier alpha value is -1.71. The van der Waals surface area contributed by atoms with Gasteiger partial charge in [0.15, 0.2) is 0 Å². The van der Waals surface area contributed by atoms with Crippen LogP contribution in [0.15, 0.2) is 18.2 Å². The molecule has 1 N–H and O–H groups in total. The molecule has 1 aromatic carbocycles. The lowest BCUT2D eigenvalue weighted by Crippen LogP contribution is -2.44. The number of nitrogens with one attached hydrogen (secondary N) is 1. The zero-order valence-corrected chi connectivity index (χ0v) is 18.2. The molecule has 4 heteroatoms. The second-order valence-electron chi connectivity index (χ2n) is 10.8. The number of benzene rings is 1. The van der Waals surface area contributed by atoms with Crippen molar-refractivity contribution in [3.05, 3.63) is 35.1 Å². The number of rotatable bonds is 3. The van der Waals surface area contributed by atoms with Crippen LogP contribution in [0.2, 0.25) is 0 Å². The summed E-state index contributed by atoms with van der Waals surface area (Å²) in [6.07, 6.45) is 5.42. The summed E-state index contributed by atoms with van der Waals surface area (Å²) in [4.78, 5) is 25.4. The summed E-state index contributed by atoms with van der Waals surface area (Å²) >= 11 is 0. The van der Waals surface area contributed by atoms with Gasteiger partial charge in [0.2, 0.25) is 5.91 Å². The highest BCUT2D eigenvalue weighted by Crippen LogP contribution is 2.62. The summed E-state index contributed by atoms with van der Waals surface area (Å²) in [7, 11) is 0. The van der Waals surface area contributed by atoms with Gasteiger partial charge in [0, 0.05) is 23.8 Å². The third-order valence-electron chi connectivity index (χ3n) is 7.82. The van der Waals surface area contributed by atoms with Crippen LogP contribution < -0.4 is 5.32 Å². The van der Waals surface area contributed by atoms with Crippen molar-refractivity contribution >= 4 is 11.7 Å². The Morgan fingerprint density at radius 2 is 2.03 bits per heavy atom. The van der Waals surface area contributed by atoms with Crippen molar-refractivity contribution in [3.8, 4) is 0 Å². The van der Waals surface area contributed by atoms with E-state index in [0.717, 1.165) is 37.7 Å². The van der Waals surface area contributed by atoms with E-state index in [1.54, 1.807) is 6.07 Å². The minimum absolute atomic E-state index is 0.0713. The molecule has 0 heterocycles. The van der Waals surface area contributed by atoms with Crippen molar-refractivity contribution in [1.29, 1.82) is 0 Å². The number of fused-ring (bicyclic) bond motifs is 5. The van der Waals surface area contributed by atoms with Crippen LogP contribution in [0, 0.1) is 29.0 Å². The SMILES string of the molecule is CC(C)(C)NC(=O)CC[C@@H]1CC(=O)[C@@]2(C)CCC3c4cccc(F)c4CCC3C12. The molecule has 3 unspecified atom stereocenters. The normalized spacial score (nSPS) is 33.6. The van der Waals surface area contributed by atoms with Gasteiger partial charge in [0.25, 0.3) is 0 Å². The molecule has 3 nitrogen and oxygen atoms in total. The first-order valence-corrected chi connectivity index (χ1v) is 11.2. The fraction of sp³-hybridized carbons (Fsp3) is 0.680. The average Bonchev–Trinajstić information content (AvgIpc) is 2.89. The van der Waals surface area contributed by atoms with E-state index >= 15 is 0 Å². The van der Waals surface area contributed by atoms with Crippen LogP contribution in [0.1, 0.15) is 83.3 Å². The van der Waals surface area contributed by atoms with Gasteiger partial charge in [-0.05, 0) is 93.7 Å². The second kappa shape index (κ2) is 7.21. The number of ketones is 1. The highest BCUT2D eigenvalue weighted by atomic mass is 19.1. The summed E-state index contributed by atoms with van der Waals surface area (Å²) < 4.78 is 14.4. The number of carbonyl (C=O) groups excluding carboxylic acids is 2. The van der Waals surface area contributed by atoms with Crippen molar-refractivity contribution in [2.45, 2.75) is 84.1 Å². The monoisotopic (exact) mass is 399 g/mol. The predicted octanol–water partition coefficient (Wildman–Crippen LogP) is 5.17. The molecule has 2 fully saturated rings. The van der Waals surface area contributed by atoms with Crippen LogP contribution in [0.25, 0.3) is 0 Å². The molecule has 1 amide bonds. The summed E-state index contributed by atoms with van der Waals surface area (Å²) in [5, 5.41) is 3.05. The second-order valence-corrected chi connectivity index (χ2v) is 10.8. The van der Waals surface area contributed by atoms with E-state index in [1.165, 1.54) is 5.56 Å². The molecule has 2 saturated carbocycles. The highest BCUT2D eigenvalue weighted by Gasteiger charge is 2.58. The van der Waals surface area contributed by atoms with Crippen LogP contribution in [0.5, 0.6) is 0 Å². The molecule has 0 bridgehead atoms. The van der Waals surface area contributed by atoms with E-state index in [9.17, 15) is 14.0 Å². The molecular formula is C25H34FNO2. The minimum atomic E-state index is -0.267. The van der Waals surface area contributed by atoms with Crippen LogP contribution in [0.3, 0.4) is 0 Å².